The molecule has 1 saturated carbocycles. The average Bonchev–Trinajstić information content (AvgIpc) is 2.98. The van der Waals surface area contributed by atoms with Gasteiger partial charge in [0.05, 0.1) is 6.07 Å². The van der Waals surface area contributed by atoms with Crippen LogP contribution >= 0.6 is 0 Å². The Kier molecular flexibility index (Phi) is 3.66. The molecule has 18 heavy (non-hydrogen) atoms. The monoisotopic (exact) mass is 246 g/mol. The number of hydrogen-bond acceptors (Lipinski definition) is 3. The fourth-order valence-electron chi connectivity index (χ4n) is 2.52. The molecule has 2 atom stereocenters. The van der Waals surface area contributed by atoms with Crippen LogP contribution in [-0.4, -0.2) is 21.2 Å². The second-order valence-corrected chi connectivity index (χ2v) is 4.94. The van der Waals surface area contributed by atoms with Crippen molar-refractivity contribution in [3.8, 4) is 6.07 Å². The molecule has 0 aromatic carbocycles. The predicted molar refractivity (Wildman–Crippen MR) is 66.3 cm³/mol. The summed E-state index contributed by atoms with van der Waals surface area (Å²) in [6.07, 6.45) is 6.65. The van der Waals surface area contributed by atoms with Gasteiger partial charge in [-0.25, -0.2) is 0 Å². The number of nitriles is 1. The van der Waals surface area contributed by atoms with Crippen LogP contribution in [0.1, 0.15) is 32.6 Å². The van der Waals surface area contributed by atoms with Crippen LogP contribution in [0.5, 0.6) is 0 Å². The smallest absolute Gasteiger partial charge is 0.223 e. The molecule has 5 nitrogen and oxygen atoms in total. The van der Waals surface area contributed by atoms with E-state index in [1.807, 2.05) is 19.2 Å². The minimum absolute atomic E-state index is 0.0687. The molecule has 1 fully saturated rings. The fraction of sp³-hybridized carbons (Fsp3) is 0.615. The van der Waals surface area contributed by atoms with Crippen molar-refractivity contribution in [2.75, 3.05) is 0 Å². The van der Waals surface area contributed by atoms with Gasteiger partial charge in [-0.2, -0.15) is 10.4 Å². The molecular formula is C13H18N4O. The van der Waals surface area contributed by atoms with Gasteiger partial charge in [-0.3, -0.25) is 9.48 Å². The zero-order chi connectivity index (χ0) is 13.0. The lowest BCUT2D eigenvalue weighted by atomic mass is 9.90. The third-order valence-electron chi connectivity index (χ3n) is 3.74. The molecule has 96 valence electrons. The minimum Gasteiger partial charge on any atom is -0.338 e. The number of nitrogens with one attached hydrogen (secondary N) is 1. The maximum Gasteiger partial charge on any atom is 0.223 e. The van der Waals surface area contributed by atoms with Gasteiger partial charge in [0.1, 0.15) is 5.54 Å². The van der Waals surface area contributed by atoms with Crippen molar-refractivity contribution in [3.05, 3.63) is 18.5 Å². The Balaban J connectivity index is 1.89. The van der Waals surface area contributed by atoms with E-state index in [0.29, 0.717) is 13.0 Å². The van der Waals surface area contributed by atoms with Crippen molar-refractivity contribution in [3.63, 3.8) is 0 Å². The predicted octanol–water partition coefficient (Wildman–Crippen LogP) is 1.47. The fourth-order valence-corrected chi connectivity index (χ4v) is 2.52. The van der Waals surface area contributed by atoms with Crippen molar-refractivity contribution in [1.82, 2.24) is 15.1 Å². The van der Waals surface area contributed by atoms with Gasteiger partial charge in [0.25, 0.3) is 0 Å². The van der Waals surface area contributed by atoms with Crippen molar-refractivity contribution in [2.45, 2.75) is 44.7 Å². The van der Waals surface area contributed by atoms with Gasteiger partial charge in [-0.05, 0) is 31.2 Å². The zero-order valence-electron chi connectivity index (χ0n) is 10.6. The summed E-state index contributed by atoms with van der Waals surface area (Å²) in [4.78, 5) is 11.9. The molecule has 0 aliphatic heterocycles. The number of aromatic nitrogens is 2. The Bertz CT molecular complexity index is 448. The largest absolute Gasteiger partial charge is 0.338 e. The molecule has 2 rings (SSSR count). The van der Waals surface area contributed by atoms with Gasteiger partial charge in [0.15, 0.2) is 0 Å². The van der Waals surface area contributed by atoms with E-state index in [1.54, 1.807) is 10.9 Å². The van der Waals surface area contributed by atoms with Crippen LogP contribution in [0, 0.1) is 17.2 Å². The maximum absolute atomic E-state index is 11.9. The molecule has 0 radical (unpaired) electrons. The second kappa shape index (κ2) is 5.21. The molecule has 0 saturated heterocycles. The van der Waals surface area contributed by atoms with E-state index < -0.39 is 5.54 Å². The molecular weight excluding hydrogens is 228 g/mol. The third-order valence-corrected chi connectivity index (χ3v) is 3.74. The van der Waals surface area contributed by atoms with E-state index in [4.69, 9.17) is 0 Å². The van der Waals surface area contributed by atoms with Crippen LogP contribution < -0.4 is 5.32 Å². The minimum atomic E-state index is -0.652. The van der Waals surface area contributed by atoms with E-state index in [2.05, 4.69) is 16.5 Å². The molecule has 1 aromatic heterocycles. The highest BCUT2D eigenvalue weighted by molar-refractivity contribution is 5.77. The summed E-state index contributed by atoms with van der Waals surface area (Å²) in [6.45, 7) is 2.58. The summed E-state index contributed by atoms with van der Waals surface area (Å²) in [5, 5.41) is 16.3. The maximum atomic E-state index is 11.9. The zero-order valence-corrected chi connectivity index (χ0v) is 10.6. The van der Waals surface area contributed by atoms with Gasteiger partial charge >= 0.3 is 0 Å². The number of carbonyl (C=O) groups excluding carboxylic acids is 1. The van der Waals surface area contributed by atoms with Crippen molar-refractivity contribution < 1.29 is 4.79 Å². The summed E-state index contributed by atoms with van der Waals surface area (Å²) in [5.41, 5.74) is -0.652. The number of amides is 1. The van der Waals surface area contributed by atoms with Crippen molar-refractivity contribution in [2.24, 2.45) is 5.92 Å². The van der Waals surface area contributed by atoms with Crippen molar-refractivity contribution >= 4 is 5.91 Å². The molecule has 1 aromatic rings. The Morgan fingerprint density at radius 1 is 1.72 bits per heavy atom. The number of carbonyl (C=O) groups is 1. The summed E-state index contributed by atoms with van der Waals surface area (Å²) in [7, 11) is 0. The summed E-state index contributed by atoms with van der Waals surface area (Å²) < 4.78 is 1.72. The third kappa shape index (κ3) is 2.53. The first kappa shape index (κ1) is 12.6. The lowest BCUT2D eigenvalue weighted by Gasteiger charge is -2.27. The van der Waals surface area contributed by atoms with Gasteiger partial charge in [0, 0.05) is 25.4 Å². The average molecular weight is 246 g/mol. The molecule has 1 aliphatic rings. The first-order valence-corrected chi connectivity index (χ1v) is 6.36. The SMILES string of the molecule is C[C@H]1CCC[C@@]1(C#N)NC(=O)CCn1cccn1. The number of rotatable bonds is 4. The Hall–Kier alpha value is -1.83. The van der Waals surface area contributed by atoms with Gasteiger partial charge in [-0.15, -0.1) is 0 Å². The highest BCUT2D eigenvalue weighted by Gasteiger charge is 2.41. The second-order valence-electron chi connectivity index (χ2n) is 4.94. The Morgan fingerprint density at radius 3 is 3.11 bits per heavy atom. The molecule has 5 heteroatoms. The molecule has 1 aliphatic carbocycles. The highest BCUT2D eigenvalue weighted by atomic mass is 16.1. The van der Waals surface area contributed by atoms with Crippen LogP contribution in [0.4, 0.5) is 0 Å². The first-order chi connectivity index (χ1) is 8.66. The normalized spacial score (nSPS) is 26.8. The molecule has 0 spiro atoms. The Morgan fingerprint density at radius 2 is 2.56 bits per heavy atom. The van der Waals surface area contributed by atoms with Gasteiger partial charge < -0.3 is 5.32 Å². The van der Waals surface area contributed by atoms with Crippen LogP contribution in [0.15, 0.2) is 18.5 Å². The van der Waals surface area contributed by atoms with E-state index >= 15 is 0 Å². The topological polar surface area (TPSA) is 70.7 Å². The highest BCUT2D eigenvalue weighted by Crippen LogP contribution is 2.34. The Labute approximate surface area is 107 Å². The number of nitrogens with zero attached hydrogens (tertiary/aromatic N) is 3. The van der Waals surface area contributed by atoms with E-state index in [0.717, 1.165) is 19.3 Å². The van der Waals surface area contributed by atoms with Crippen molar-refractivity contribution in [1.29, 1.82) is 5.26 Å². The molecule has 1 amide bonds. The van der Waals surface area contributed by atoms with Crippen LogP contribution in [0.25, 0.3) is 0 Å². The van der Waals surface area contributed by atoms with Crippen LogP contribution in [-0.2, 0) is 11.3 Å². The quantitative estimate of drug-likeness (QED) is 0.874. The van der Waals surface area contributed by atoms with Crippen LogP contribution in [0.3, 0.4) is 0 Å². The van der Waals surface area contributed by atoms with Gasteiger partial charge in [-0.1, -0.05) is 6.92 Å². The lowest BCUT2D eigenvalue weighted by molar-refractivity contribution is -0.123. The molecule has 0 unspecified atom stereocenters. The summed E-state index contributed by atoms with van der Waals surface area (Å²) in [6, 6.07) is 4.12. The number of hydrogen-bond donors (Lipinski definition) is 1. The first-order valence-electron chi connectivity index (χ1n) is 6.36. The summed E-state index contributed by atoms with van der Waals surface area (Å²) in [5.74, 6) is 0.164. The van der Waals surface area contributed by atoms with E-state index in [9.17, 15) is 10.1 Å². The molecule has 0 bridgehead atoms. The molecule has 1 N–H and O–H groups in total. The molecule has 1 heterocycles. The van der Waals surface area contributed by atoms with E-state index in [1.165, 1.54) is 0 Å². The number of aryl methyl sites for hydroxylation is 1. The summed E-state index contributed by atoms with van der Waals surface area (Å²) >= 11 is 0. The van der Waals surface area contributed by atoms with Crippen LogP contribution in [0.2, 0.25) is 0 Å². The standard InChI is InChI=1S/C13H18N4O/c1-11-4-2-6-13(11,10-14)16-12(18)5-9-17-8-3-7-15-17/h3,7-8,11H,2,4-6,9H2,1H3,(H,16,18)/t11-,13-/m0/s1. The lowest BCUT2D eigenvalue weighted by Crippen LogP contribution is -2.49. The van der Waals surface area contributed by atoms with E-state index in [-0.39, 0.29) is 11.8 Å². The van der Waals surface area contributed by atoms with Gasteiger partial charge in [0.2, 0.25) is 5.91 Å².